The number of allylic oxidation sites excluding steroid dienone is 1. The number of hydrogen-bond acceptors (Lipinski definition) is 3. The van der Waals surface area contributed by atoms with Crippen molar-refractivity contribution in [2.45, 2.75) is 39.5 Å². The third kappa shape index (κ3) is 5.42. The number of rotatable bonds is 7. The van der Waals surface area contributed by atoms with E-state index >= 15 is 0 Å². The van der Waals surface area contributed by atoms with E-state index in [-0.39, 0.29) is 0 Å². The standard InChI is InChI=1S/C10H21N3/c1-4-6-7-8-10(9-12-3)13(11)5-2/h9H,3-8,11H2,1-2H3/b10-9-. The molecular weight excluding hydrogens is 162 g/mol. The number of hydrogen-bond donors (Lipinski definition) is 1. The largest absolute Gasteiger partial charge is 0.314 e. The van der Waals surface area contributed by atoms with Gasteiger partial charge in [0.15, 0.2) is 0 Å². The van der Waals surface area contributed by atoms with Crippen LogP contribution in [0, 0.1) is 0 Å². The first kappa shape index (κ1) is 12.2. The molecule has 0 unspecified atom stereocenters. The Morgan fingerprint density at radius 1 is 1.46 bits per heavy atom. The van der Waals surface area contributed by atoms with E-state index in [1.54, 1.807) is 11.2 Å². The van der Waals surface area contributed by atoms with Crippen LogP contribution in [0.5, 0.6) is 0 Å². The number of aliphatic imine (C=N–C) groups is 1. The molecule has 0 spiro atoms. The van der Waals surface area contributed by atoms with Gasteiger partial charge in [-0.3, -0.25) is 4.99 Å². The molecule has 0 saturated carbocycles. The normalized spacial score (nSPS) is 11.5. The Hall–Kier alpha value is -0.830. The molecule has 0 aromatic carbocycles. The summed E-state index contributed by atoms with van der Waals surface area (Å²) in [6.45, 7) is 8.46. The van der Waals surface area contributed by atoms with E-state index in [0.717, 1.165) is 18.7 Å². The molecule has 3 nitrogen and oxygen atoms in total. The highest BCUT2D eigenvalue weighted by atomic mass is 15.4. The first-order valence-electron chi connectivity index (χ1n) is 4.93. The van der Waals surface area contributed by atoms with E-state index in [0.29, 0.717) is 0 Å². The Morgan fingerprint density at radius 2 is 2.15 bits per heavy atom. The molecule has 0 amide bonds. The highest BCUT2D eigenvalue weighted by molar-refractivity contribution is 5.26. The minimum Gasteiger partial charge on any atom is -0.314 e. The van der Waals surface area contributed by atoms with Crippen LogP contribution in [0.4, 0.5) is 0 Å². The molecule has 0 heterocycles. The van der Waals surface area contributed by atoms with Crippen molar-refractivity contribution in [1.29, 1.82) is 0 Å². The van der Waals surface area contributed by atoms with Gasteiger partial charge in [-0.1, -0.05) is 19.8 Å². The van der Waals surface area contributed by atoms with Crippen LogP contribution in [0.3, 0.4) is 0 Å². The van der Waals surface area contributed by atoms with Crippen molar-refractivity contribution < 1.29 is 0 Å². The summed E-state index contributed by atoms with van der Waals surface area (Å²) in [7, 11) is 0. The third-order valence-corrected chi connectivity index (χ3v) is 1.99. The molecule has 0 aliphatic rings. The number of nitrogens with two attached hydrogens (primary N) is 1. The first-order valence-corrected chi connectivity index (χ1v) is 4.93. The quantitative estimate of drug-likeness (QED) is 0.285. The summed E-state index contributed by atoms with van der Waals surface area (Å²) in [5.41, 5.74) is 1.07. The van der Waals surface area contributed by atoms with Crippen molar-refractivity contribution in [1.82, 2.24) is 5.01 Å². The molecule has 0 aliphatic carbocycles. The van der Waals surface area contributed by atoms with E-state index in [1.807, 2.05) is 6.92 Å². The molecule has 0 aromatic rings. The van der Waals surface area contributed by atoms with Crippen LogP contribution >= 0.6 is 0 Å². The van der Waals surface area contributed by atoms with Crippen LogP contribution in [0.25, 0.3) is 0 Å². The molecule has 2 N–H and O–H groups in total. The molecule has 0 aromatic heterocycles. The van der Waals surface area contributed by atoms with Crippen LogP contribution in [0.15, 0.2) is 16.9 Å². The van der Waals surface area contributed by atoms with Gasteiger partial charge in [0, 0.05) is 18.4 Å². The van der Waals surface area contributed by atoms with Gasteiger partial charge in [0.05, 0.1) is 0 Å². The summed E-state index contributed by atoms with van der Waals surface area (Å²) < 4.78 is 0. The molecule has 0 bridgehead atoms. The lowest BCUT2D eigenvalue weighted by molar-refractivity contribution is 0.359. The average Bonchev–Trinajstić information content (AvgIpc) is 2.16. The Bertz CT molecular complexity index is 164. The summed E-state index contributed by atoms with van der Waals surface area (Å²) in [6.07, 6.45) is 6.39. The van der Waals surface area contributed by atoms with Crippen molar-refractivity contribution >= 4 is 6.72 Å². The van der Waals surface area contributed by atoms with Gasteiger partial charge in [0.2, 0.25) is 0 Å². The van der Waals surface area contributed by atoms with Crippen molar-refractivity contribution in [2.75, 3.05) is 6.54 Å². The highest BCUT2D eigenvalue weighted by Crippen LogP contribution is 2.10. The maximum Gasteiger partial charge on any atom is 0.0473 e. The molecule has 3 heteroatoms. The maximum atomic E-state index is 5.76. The van der Waals surface area contributed by atoms with Crippen molar-refractivity contribution in [2.24, 2.45) is 10.8 Å². The van der Waals surface area contributed by atoms with Crippen molar-refractivity contribution in [3.8, 4) is 0 Å². The summed E-state index contributed by atoms with van der Waals surface area (Å²) in [5, 5.41) is 1.73. The Kier molecular flexibility index (Phi) is 7.30. The molecular formula is C10H21N3. The third-order valence-electron chi connectivity index (χ3n) is 1.99. The van der Waals surface area contributed by atoms with Crippen LogP contribution in [0.2, 0.25) is 0 Å². The second kappa shape index (κ2) is 7.80. The van der Waals surface area contributed by atoms with Gasteiger partial charge in [0.25, 0.3) is 0 Å². The van der Waals surface area contributed by atoms with Gasteiger partial charge < -0.3 is 5.01 Å². The second-order valence-electron chi connectivity index (χ2n) is 3.05. The minimum absolute atomic E-state index is 0.813. The minimum atomic E-state index is 0.813. The van der Waals surface area contributed by atoms with Gasteiger partial charge in [-0.2, -0.15) is 0 Å². The van der Waals surface area contributed by atoms with E-state index in [2.05, 4.69) is 18.6 Å². The lowest BCUT2D eigenvalue weighted by atomic mass is 10.1. The van der Waals surface area contributed by atoms with Gasteiger partial charge in [-0.15, -0.1) is 0 Å². The molecule has 0 atom stereocenters. The van der Waals surface area contributed by atoms with Gasteiger partial charge in [-0.25, -0.2) is 5.84 Å². The smallest absolute Gasteiger partial charge is 0.0473 e. The zero-order chi connectivity index (χ0) is 10.1. The Labute approximate surface area is 81.3 Å². The van der Waals surface area contributed by atoms with Crippen LogP contribution in [-0.4, -0.2) is 18.3 Å². The predicted octanol–water partition coefficient (Wildman–Crippen LogP) is 2.30. The van der Waals surface area contributed by atoms with E-state index in [4.69, 9.17) is 5.84 Å². The van der Waals surface area contributed by atoms with E-state index in [1.165, 1.54) is 19.3 Å². The summed E-state index contributed by atoms with van der Waals surface area (Å²) in [4.78, 5) is 3.75. The van der Waals surface area contributed by atoms with Gasteiger partial charge >= 0.3 is 0 Å². The molecule has 0 rings (SSSR count). The first-order chi connectivity index (χ1) is 6.26. The molecule has 0 saturated heterocycles. The number of hydrazine groups is 1. The molecule has 0 fully saturated rings. The van der Waals surface area contributed by atoms with Crippen molar-refractivity contribution in [3.05, 3.63) is 11.9 Å². The fourth-order valence-corrected chi connectivity index (χ4v) is 1.15. The molecule has 0 radical (unpaired) electrons. The lowest BCUT2D eigenvalue weighted by Crippen LogP contribution is -2.29. The zero-order valence-corrected chi connectivity index (χ0v) is 8.79. The monoisotopic (exact) mass is 183 g/mol. The summed E-state index contributed by atoms with van der Waals surface area (Å²) >= 11 is 0. The lowest BCUT2D eigenvalue weighted by Gasteiger charge is -2.19. The molecule has 76 valence electrons. The maximum absolute atomic E-state index is 5.76. The Balaban J connectivity index is 3.95. The Morgan fingerprint density at radius 3 is 2.62 bits per heavy atom. The van der Waals surface area contributed by atoms with Crippen LogP contribution in [0.1, 0.15) is 39.5 Å². The predicted molar refractivity (Wildman–Crippen MR) is 58.3 cm³/mol. The molecule has 0 aliphatic heterocycles. The average molecular weight is 183 g/mol. The van der Waals surface area contributed by atoms with Crippen LogP contribution in [-0.2, 0) is 0 Å². The summed E-state index contributed by atoms with van der Waals surface area (Å²) in [5.74, 6) is 5.76. The fraction of sp³-hybridized carbons (Fsp3) is 0.700. The number of unbranched alkanes of at least 4 members (excludes halogenated alkanes) is 2. The summed E-state index contributed by atoms with van der Waals surface area (Å²) in [6, 6.07) is 0. The van der Waals surface area contributed by atoms with Crippen LogP contribution < -0.4 is 5.84 Å². The SMILES string of the molecule is C=N/C=C(/CCCCC)N(N)CC. The topological polar surface area (TPSA) is 41.6 Å². The molecule has 13 heavy (non-hydrogen) atoms. The second-order valence-corrected chi connectivity index (χ2v) is 3.05. The van der Waals surface area contributed by atoms with Gasteiger partial charge in [-0.05, 0) is 26.5 Å². The van der Waals surface area contributed by atoms with Crippen molar-refractivity contribution in [3.63, 3.8) is 0 Å². The van der Waals surface area contributed by atoms with E-state index < -0.39 is 0 Å². The van der Waals surface area contributed by atoms with Gasteiger partial charge in [0.1, 0.15) is 0 Å². The number of nitrogens with zero attached hydrogens (tertiary/aromatic N) is 2. The van der Waals surface area contributed by atoms with E-state index in [9.17, 15) is 0 Å². The fourth-order valence-electron chi connectivity index (χ4n) is 1.15. The zero-order valence-electron chi connectivity index (χ0n) is 8.79. The highest BCUT2D eigenvalue weighted by Gasteiger charge is 2.01.